The van der Waals surface area contributed by atoms with Crippen LogP contribution >= 0.6 is 23.2 Å². The number of carbonyl (C=O) groups is 2. The number of aryl methyl sites for hydroxylation is 1. The van der Waals surface area contributed by atoms with Crippen molar-refractivity contribution in [3.63, 3.8) is 0 Å². The molecule has 3 aromatic rings. The zero-order valence-electron chi connectivity index (χ0n) is 19.0. The van der Waals surface area contributed by atoms with Crippen LogP contribution in [0, 0.1) is 13.8 Å². The molecule has 2 unspecified atom stereocenters. The Kier molecular flexibility index (Phi) is 7.19. The van der Waals surface area contributed by atoms with Gasteiger partial charge in [0, 0.05) is 33.9 Å². The highest BCUT2D eigenvalue weighted by Gasteiger charge is 2.38. The zero-order valence-corrected chi connectivity index (χ0v) is 20.5. The average Bonchev–Trinajstić information content (AvgIpc) is 3.26. The number of hydrogen-bond acceptors (Lipinski definition) is 4. The first-order chi connectivity index (χ1) is 16.7. The van der Waals surface area contributed by atoms with Crippen molar-refractivity contribution < 1.29 is 19.1 Å². The van der Waals surface area contributed by atoms with Gasteiger partial charge in [-0.25, -0.2) is 9.40 Å². The molecule has 180 valence electrons. The fourth-order valence-corrected chi connectivity index (χ4v) is 4.37. The van der Waals surface area contributed by atoms with E-state index in [0.717, 1.165) is 27.4 Å². The number of aliphatic carboxylic acids is 1. The van der Waals surface area contributed by atoms with Crippen LogP contribution in [0.2, 0.25) is 10.0 Å². The summed E-state index contributed by atoms with van der Waals surface area (Å²) in [5.41, 5.74) is 5.52. The van der Waals surface area contributed by atoms with Gasteiger partial charge in [0.1, 0.15) is 0 Å². The predicted molar refractivity (Wildman–Crippen MR) is 133 cm³/mol. The number of alkyl halides is 1. The fourth-order valence-electron chi connectivity index (χ4n) is 4.12. The van der Waals surface area contributed by atoms with Gasteiger partial charge in [-0.05, 0) is 60.4 Å². The van der Waals surface area contributed by atoms with E-state index < -0.39 is 30.5 Å². The lowest BCUT2D eigenvalue weighted by atomic mass is 9.90. The van der Waals surface area contributed by atoms with Crippen molar-refractivity contribution in [1.29, 1.82) is 0 Å². The Morgan fingerprint density at radius 2 is 1.69 bits per heavy atom. The summed E-state index contributed by atoms with van der Waals surface area (Å²) in [7, 11) is 0. The molecular weight excluding hydrogens is 492 g/mol. The first-order valence-electron chi connectivity index (χ1n) is 10.9. The number of hydrazone groups is 1. The summed E-state index contributed by atoms with van der Waals surface area (Å²) < 4.78 is 14.6. The summed E-state index contributed by atoms with van der Waals surface area (Å²) in [5, 5.41) is 15.7. The highest BCUT2D eigenvalue weighted by Crippen LogP contribution is 2.38. The number of benzene rings is 2. The molecule has 6 nitrogen and oxygen atoms in total. The van der Waals surface area contributed by atoms with Crippen LogP contribution in [0.5, 0.6) is 0 Å². The third-order valence-electron chi connectivity index (χ3n) is 6.03. The molecule has 2 aromatic carbocycles. The summed E-state index contributed by atoms with van der Waals surface area (Å²) in [4.78, 5) is 28.5. The van der Waals surface area contributed by atoms with Gasteiger partial charge in [0.05, 0.1) is 18.2 Å². The van der Waals surface area contributed by atoms with Gasteiger partial charge in [-0.1, -0.05) is 47.5 Å². The normalized spacial score (nSPS) is 16.2. The summed E-state index contributed by atoms with van der Waals surface area (Å²) in [6.45, 7) is 3.86. The van der Waals surface area contributed by atoms with Crippen LogP contribution in [-0.2, 0) is 9.59 Å². The van der Waals surface area contributed by atoms with E-state index in [2.05, 4.69) is 10.1 Å². The number of aromatic nitrogens is 1. The number of pyridine rings is 1. The Labute approximate surface area is 212 Å². The maximum Gasteiger partial charge on any atom is 0.306 e. The van der Waals surface area contributed by atoms with Gasteiger partial charge in [0.15, 0.2) is 6.17 Å². The maximum atomic E-state index is 14.6. The molecule has 0 spiro atoms. The Morgan fingerprint density at radius 3 is 2.29 bits per heavy atom. The lowest BCUT2D eigenvalue weighted by Crippen LogP contribution is -2.35. The standard InChI is InChI=1S/C26H22Cl2FN3O3/c1-14-15(2)30-13-20(25(14)17-5-9-19(28)10-6-17)22-12-23(16-3-7-18(27)8-4-16)32(31-22)26(35)21(29)11-24(33)34/h3-10,13,21,23H,11-12H2,1-2H3,(H,33,34). The summed E-state index contributed by atoms with van der Waals surface area (Å²) in [5.74, 6) is -2.41. The minimum Gasteiger partial charge on any atom is -0.481 e. The first kappa shape index (κ1) is 24.8. The first-order valence-corrected chi connectivity index (χ1v) is 11.7. The second-order valence-electron chi connectivity index (χ2n) is 8.33. The van der Waals surface area contributed by atoms with E-state index in [9.17, 15) is 14.0 Å². The van der Waals surface area contributed by atoms with Crippen molar-refractivity contribution >= 4 is 40.8 Å². The zero-order chi connectivity index (χ0) is 25.3. The van der Waals surface area contributed by atoms with E-state index in [0.29, 0.717) is 26.9 Å². The fraction of sp³-hybridized carbons (Fsp3) is 0.231. The van der Waals surface area contributed by atoms with Crippen LogP contribution in [0.15, 0.2) is 59.8 Å². The molecule has 4 rings (SSSR count). The molecule has 1 amide bonds. The highest BCUT2D eigenvalue weighted by atomic mass is 35.5. The van der Waals surface area contributed by atoms with Crippen molar-refractivity contribution in [2.45, 2.75) is 38.9 Å². The minimum absolute atomic E-state index is 0.290. The molecule has 2 atom stereocenters. The molecule has 1 N–H and O–H groups in total. The van der Waals surface area contributed by atoms with Crippen LogP contribution < -0.4 is 0 Å². The van der Waals surface area contributed by atoms with E-state index in [1.807, 2.05) is 26.0 Å². The lowest BCUT2D eigenvalue weighted by Gasteiger charge is -2.23. The molecule has 0 radical (unpaired) electrons. The number of halogens is 3. The minimum atomic E-state index is -2.22. The van der Waals surface area contributed by atoms with Gasteiger partial charge in [0.2, 0.25) is 0 Å². The van der Waals surface area contributed by atoms with Gasteiger partial charge in [-0.3, -0.25) is 14.6 Å². The second-order valence-corrected chi connectivity index (χ2v) is 9.20. The van der Waals surface area contributed by atoms with Crippen LogP contribution in [0.25, 0.3) is 11.1 Å². The topological polar surface area (TPSA) is 82.9 Å². The number of carboxylic acid groups (broad SMARTS) is 1. The number of hydrogen-bond donors (Lipinski definition) is 1. The van der Waals surface area contributed by atoms with Gasteiger partial charge in [0.25, 0.3) is 5.91 Å². The average molecular weight is 514 g/mol. The number of carbonyl (C=O) groups excluding carboxylic acids is 1. The predicted octanol–water partition coefficient (Wildman–Crippen LogP) is 6.16. The molecule has 0 bridgehead atoms. The van der Waals surface area contributed by atoms with Crippen molar-refractivity contribution in [2.75, 3.05) is 0 Å². The number of carboxylic acids is 1. The quantitative estimate of drug-likeness (QED) is 0.427. The molecule has 0 saturated heterocycles. The van der Waals surface area contributed by atoms with Crippen molar-refractivity contribution in [2.24, 2.45) is 5.10 Å². The molecule has 0 saturated carbocycles. The van der Waals surface area contributed by atoms with E-state index >= 15 is 0 Å². The molecule has 35 heavy (non-hydrogen) atoms. The van der Waals surface area contributed by atoms with Gasteiger partial charge >= 0.3 is 5.97 Å². The molecule has 0 aliphatic carbocycles. The Bertz CT molecular complexity index is 1310. The number of nitrogens with zero attached hydrogens (tertiary/aromatic N) is 3. The van der Waals surface area contributed by atoms with E-state index in [1.165, 1.54) is 0 Å². The monoisotopic (exact) mass is 513 g/mol. The molecule has 0 fully saturated rings. The van der Waals surface area contributed by atoms with Gasteiger partial charge < -0.3 is 5.11 Å². The van der Waals surface area contributed by atoms with Crippen LogP contribution in [0.1, 0.15) is 41.3 Å². The van der Waals surface area contributed by atoms with E-state index in [1.54, 1.807) is 42.6 Å². The second kappa shape index (κ2) is 10.1. The molecule has 2 heterocycles. The van der Waals surface area contributed by atoms with Crippen LogP contribution in [-0.4, -0.2) is 38.9 Å². The maximum absolute atomic E-state index is 14.6. The molecule has 1 aliphatic heterocycles. The third kappa shape index (κ3) is 5.21. The summed E-state index contributed by atoms with van der Waals surface area (Å²) in [6, 6.07) is 13.6. The summed E-state index contributed by atoms with van der Waals surface area (Å²) in [6.07, 6.45) is -1.17. The van der Waals surface area contributed by atoms with Gasteiger partial charge in [-0.2, -0.15) is 5.10 Å². The molecular formula is C26H22Cl2FN3O3. The van der Waals surface area contributed by atoms with Crippen LogP contribution in [0.3, 0.4) is 0 Å². The smallest absolute Gasteiger partial charge is 0.306 e. The largest absolute Gasteiger partial charge is 0.481 e. The van der Waals surface area contributed by atoms with Gasteiger partial charge in [-0.15, -0.1) is 0 Å². The Balaban J connectivity index is 1.81. The number of rotatable bonds is 6. The molecule has 1 aromatic heterocycles. The SMILES string of the molecule is Cc1ncc(C2=NN(C(=O)C(F)CC(=O)O)C(c3ccc(Cl)cc3)C2)c(-c2ccc(Cl)cc2)c1C. The highest BCUT2D eigenvalue weighted by molar-refractivity contribution is 6.30. The van der Waals surface area contributed by atoms with Crippen LogP contribution in [0.4, 0.5) is 4.39 Å². The van der Waals surface area contributed by atoms with Crippen molar-refractivity contribution in [1.82, 2.24) is 9.99 Å². The van der Waals surface area contributed by atoms with Crippen molar-refractivity contribution in [3.05, 3.63) is 87.2 Å². The summed E-state index contributed by atoms with van der Waals surface area (Å²) >= 11 is 12.1. The third-order valence-corrected chi connectivity index (χ3v) is 6.53. The Hall–Kier alpha value is -3.29. The van der Waals surface area contributed by atoms with Crippen molar-refractivity contribution in [3.8, 4) is 11.1 Å². The molecule has 9 heteroatoms. The van der Waals surface area contributed by atoms with E-state index in [4.69, 9.17) is 28.3 Å². The lowest BCUT2D eigenvalue weighted by molar-refractivity contribution is -0.146. The van der Waals surface area contributed by atoms with E-state index in [-0.39, 0.29) is 6.42 Å². The number of amides is 1. The Morgan fingerprint density at radius 1 is 1.09 bits per heavy atom. The molecule has 1 aliphatic rings.